The Balaban J connectivity index is 2.37. The molecule has 0 aliphatic carbocycles. The summed E-state index contributed by atoms with van der Waals surface area (Å²) in [4.78, 5) is 17.9. The van der Waals surface area contributed by atoms with E-state index in [9.17, 15) is 4.79 Å². The predicted molar refractivity (Wildman–Crippen MR) is 70.3 cm³/mol. The Morgan fingerprint density at radius 2 is 2.28 bits per heavy atom. The first-order valence-corrected chi connectivity index (χ1v) is 5.71. The largest absolute Gasteiger partial charge is 0.390 e. The number of nitrogens with one attached hydrogen (secondary N) is 2. The number of halogens is 1. The van der Waals surface area contributed by atoms with Gasteiger partial charge in [0.2, 0.25) is 5.95 Å². The molecule has 1 aromatic carbocycles. The first-order chi connectivity index (χ1) is 8.60. The summed E-state index contributed by atoms with van der Waals surface area (Å²) in [6.07, 6.45) is 0. The van der Waals surface area contributed by atoms with Gasteiger partial charge in [0.05, 0.1) is 6.61 Å². The minimum atomic E-state index is -0.417. The highest BCUT2D eigenvalue weighted by atomic mass is 35.5. The summed E-state index contributed by atoms with van der Waals surface area (Å²) in [5.41, 5.74) is 1.59. The lowest BCUT2D eigenvalue weighted by Gasteiger charge is -2.10. The summed E-state index contributed by atoms with van der Waals surface area (Å²) in [5.74, 6) is 0.275. The van der Waals surface area contributed by atoms with E-state index in [-0.39, 0.29) is 12.6 Å². The van der Waals surface area contributed by atoms with Crippen LogP contribution in [0.5, 0.6) is 0 Å². The fourth-order valence-electron chi connectivity index (χ4n) is 1.52. The van der Waals surface area contributed by atoms with Crippen LogP contribution in [0, 0.1) is 6.92 Å². The minimum Gasteiger partial charge on any atom is -0.390 e. The molecule has 0 aliphatic heterocycles. The van der Waals surface area contributed by atoms with Crippen molar-refractivity contribution < 1.29 is 5.11 Å². The number of aliphatic hydroxyl groups excluding tert-OH is 1. The van der Waals surface area contributed by atoms with Crippen molar-refractivity contribution in [3.63, 3.8) is 0 Å². The van der Waals surface area contributed by atoms with Crippen molar-refractivity contribution in [2.45, 2.75) is 13.5 Å². The molecule has 0 saturated heterocycles. The zero-order chi connectivity index (χ0) is 13.1. The zero-order valence-corrected chi connectivity index (χ0v) is 10.5. The molecular formula is C12H12ClN3O2. The van der Waals surface area contributed by atoms with Crippen molar-refractivity contribution >= 4 is 23.2 Å². The van der Waals surface area contributed by atoms with Crippen molar-refractivity contribution in [3.8, 4) is 0 Å². The van der Waals surface area contributed by atoms with Crippen LogP contribution in [0.4, 0.5) is 11.6 Å². The number of aromatic amines is 1. The van der Waals surface area contributed by atoms with E-state index in [0.29, 0.717) is 10.7 Å². The molecule has 0 spiro atoms. The van der Waals surface area contributed by atoms with Gasteiger partial charge in [-0.05, 0) is 24.6 Å². The van der Waals surface area contributed by atoms with E-state index < -0.39 is 5.56 Å². The average Bonchev–Trinajstić information content (AvgIpc) is 2.34. The van der Waals surface area contributed by atoms with Gasteiger partial charge in [0.25, 0.3) is 5.56 Å². The Labute approximate surface area is 108 Å². The number of aliphatic hydroxyl groups is 1. The van der Waals surface area contributed by atoms with Gasteiger partial charge in [0.15, 0.2) is 0 Å². The van der Waals surface area contributed by atoms with Crippen molar-refractivity contribution in [1.82, 2.24) is 9.97 Å². The second-order valence-electron chi connectivity index (χ2n) is 3.79. The quantitative estimate of drug-likeness (QED) is 0.793. The molecule has 0 bridgehead atoms. The lowest BCUT2D eigenvalue weighted by molar-refractivity contribution is 0.276. The molecule has 0 fully saturated rings. The van der Waals surface area contributed by atoms with Gasteiger partial charge in [0.1, 0.15) is 0 Å². The lowest BCUT2D eigenvalue weighted by Crippen LogP contribution is -2.12. The van der Waals surface area contributed by atoms with Crippen molar-refractivity contribution in [1.29, 1.82) is 0 Å². The van der Waals surface area contributed by atoms with Crippen LogP contribution in [0.1, 0.15) is 11.3 Å². The van der Waals surface area contributed by atoms with Gasteiger partial charge in [-0.2, -0.15) is 4.98 Å². The van der Waals surface area contributed by atoms with E-state index >= 15 is 0 Å². The molecule has 18 heavy (non-hydrogen) atoms. The summed E-state index contributed by atoms with van der Waals surface area (Å²) >= 11 is 6.00. The molecule has 0 unspecified atom stereocenters. The first kappa shape index (κ1) is 12.6. The third-order valence-corrected chi connectivity index (χ3v) is 2.90. The van der Waals surface area contributed by atoms with Gasteiger partial charge in [-0.3, -0.25) is 4.79 Å². The van der Waals surface area contributed by atoms with Crippen LogP contribution in [0.15, 0.2) is 29.1 Å². The maximum Gasteiger partial charge on any atom is 0.274 e. The molecule has 94 valence electrons. The molecule has 0 aliphatic rings. The van der Waals surface area contributed by atoms with Gasteiger partial charge < -0.3 is 15.4 Å². The first-order valence-electron chi connectivity index (χ1n) is 5.33. The lowest BCUT2D eigenvalue weighted by atomic mass is 10.2. The number of nitrogens with zero attached hydrogens (tertiary/aromatic N) is 1. The Bertz CT molecular complexity index is 625. The molecule has 6 heteroatoms. The fraction of sp³-hybridized carbons (Fsp3) is 0.167. The highest BCUT2D eigenvalue weighted by Crippen LogP contribution is 2.24. The monoisotopic (exact) mass is 265 g/mol. The van der Waals surface area contributed by atoms with E-state index in [1.165, 1.54) is 6.07 Å². The van der Waals surface area contributed by atoms with Crippen LogP contribution in [0.25, 0.3) is 0 Å². The highest BCUT2D eigenvalue weighted by molar-refractivity contribution is 6.31. The van der Waals surface area contributed by atoms with Crippen LogP contribution in [0.2, 0.25) is 5.02 Å². The molecule has 0 amide bonds. The molecule has 5 nitrogen and oxygen atoms in total. The summed E-state index contributed by atoms with van der Waals surface area (Å²) in [7, 11) is 0. The Hall–Kier alpha value is -1.85. The van der Waals surface area contributed by atoms with Gasteiger partial charge in [-0.1, -0.05) is 17.7 Å². The van der Waals surface area contributed by atoms with Crippen LogP contribution < -0.4 is 10.9 Å². The maximum atomic E-state index is 11.3. The molecule has 1 aromatic heterocycles. The molecule has 2 rings (SSSR count). The van der Waals surface area contributed by atoms with Gasteiger partial charge in [-0.15, -0.1) is 0 Å². The van der Waals surface area contributed by atoms with Crippen LogP contribution in [-0.2, 0) is 6.61 Å². The van der Waals surface area contributed by atoms with E-state index in [4.69, 9.17) is 16.7 Å². The third-order valence-electron chi connectivity index (χ3n) is 2.49. The molecule has 3 N–H and O–H groups in total. The second kappa shape index (κ2) is 5.20. The minimum absolute atomic E-state index is 0.249. The molecule has 2 aromatic rings. The van der Waals surface area contributed by atoms with Gasteiger partial charge >= 0.3 is 0 Å². The van der Waals surface area contributed by atoms with E-state index in [1.807, 2.05) is 13.0 Å². The number of hydrogen-bond donors (Lipinski definition) is 3. The fourth-order valence-corrected chi connectivity index (χ4v) is 1.70. The Morgan fingerprint density at radius 1 is 1.50 bits per heavy atom. The third kappa shape index (κ3) is 2.69. The summed E-state index contributed by atoms with van der Waals surface area (Å²) in [6, 6.07) is 6.65. The Kier molecular flexibility index (Phi) is 3.64. The van der Waals surface area contributed by atoms with Crippen molar-refractivity contribution in [2.24, 2.45) is 0 Å². The van der Waals surface area contributed by atoms with E-state index in [2.05, 4.69) is 15.3 Å². The number of H-pyrrole nitrogens is 1. The topological polar surface area (TPSA) is 78.0 Å². The summed E-state index contributed by atoms with van der Waals surface area (Å²) in [6.45, 7) is 1.61. The van der Waals surface area contributed by atoms with Crippen LogP contribution >= 0.6 is 11.6 Å². The maximum absolute atomic E-state index is 11.3. The molecule has 0 atom stereocenters. The highest BCUT2D eigenvalue weighted by Gasteiger charge is 2.05. The molecule has 1 heterocycles. The number of anilines is 2. The molecule has 0 saturated carbocycles. The summed E-state index contributed by atoms with van der Waals surface area (Å²) in [5, 5.41) is 12.6. The smallest absolute Gasteiger partial charge is 0.274 e. The Morgan fingerprint density at radius 3 is 3.00 bits per heavy atom. The normalized spacial score (nSPS) is 10.4. The van der Waals surface area contributed by atoms with E-state index in [1.54, 1.807) is 12.1 Å². The van der Waals surface area contributed by atoms with Gasteiger partial charge in [0, 0.05) is 22.5 Å². The standard InChI is InChI=1S/C12H12ClN3O2/c1-7-9(13)3-2-4-10(7)15-12-14-8(6-17)5-11(18)16-12/h2-5,17H,6H2,1H3,(H2,14,15,16,18). The van der Waals surface area contributed by atoms with Crippen LogP contribution in [-0.4, -0.2) is 15.1 Å². The number of aromatic nitrogens is 2. The molecule has 0 radical (unpaired) electrons. The van der Waals surface area contributed by atoms with Crippen LogP contribution in [0.3, 0.4) is 0 Å². The van der Waals surface area contributed by atoms with Gasteiger partial charge in [-0.25, -0.2) is 0 Å². The van der Waals surface area contributed by atoms with Crippen molar-refractivity contribution in [3.05, 3.63) is 50.9 Å². The SMILES string of the molecule is Cc1c(Cl)cccc1Nc1nc(=O)cc(CO)[nH]1. The number of hydrogen-bond acceptors (Lipinski definition) is 4. The van der Waals surface area contributed by atoms with Crippen molar-refractivity contribution in [2.75, 3.05) is 5.32 Å². The number of rotatable bonds is 3. The summed E-state index contributed by atoms with van der Waals surface area (Å²) < 4.78 is 0. The number of benzene rings is 1. The van der Waals surface area contributed by atoms with E-state index in [0.717, 1.165) is 11.3 Å². The molecular weight excluding hydrogens is 254 g/mol. The predicted octanol–water partition coefficient (Wildman–Crippen LogP) is 1.97. The second-order valence-corrected chi connectivity index (χ2v) is 4.20. The zero-order valence-electron chi connectivity index (χ0n) is 9.70. The average molecular weight is 266 g/mol.